The SMILES string of the molecule is Cn1cc(Nc2ncc3cnn(C[C@H]4CC[C@H](CN(C(=O)O)C(C)(C)C)CC4)c3n2)cn1. The fourth-order valence-electron chi connectivity index (χ4n) is 4.41. The zero-order valence-electron chi connectivity index (χ0n) is 19.2. The van der Waals surface area contributed by atoms with Crippen molar-refractivity contribution in [3.63, 3.8) is 0 Å². The highest BCUT2D eigenvalue weighted by atomic mass is 16.4. The Kier molecular flexibility index (Phi) is 6.03. The van der Waals surface area contributed by atoms with Crippen molar-refractivity contribution in [2.45, 2.75) is 58.5 Å². The first kappa shape index (κ1) is 22.0. The molecule has 1 aliphatic carbocycles. The number of hydrogen-bond acceptors (Lipinski definition) is 6. The molecule has 172 valence electrons. The van der Waals surface area contributed by atoms with E-state index in [1.807, 2.05) is 44.9 Å². The summed E-state index contributed by atoms with van der Waals surface area (Å²) >= 11 is 0. The zero-order chi connectivity index (χ0) is 22.9. The Morgan fingerprint density at radius 3 is 2.50 bits per heavy atom. The van der Waals surface area contributed by atoms with Crippen LogP contribution in [0.2, 0.25) is 0 Å². The lowest BCUT2D eigenvalue weighted by atomic mass is 9.81. The maximum absolute atomic E-state index is 11.7. The predicted octanol–water partition coefficient (Wildman–Crippen LogP) is 3.89. The number of aryl methyl sites for hydroxylation is 1. The summed E-state index contributed by atoms with van der Waals surface area (Å²) < 4.78 is 3.69. The monoisotopic (exact) mass is 440 g/mol. The second-order valence-electron chi connectivity index (χ2n) is 9.78. The minimum absolute atomic E-state index is 0.377. The maximum Gasteiger partial charge on any atom is 0.407 e. The van der Waals surface area contributed by atoms with Crippen LogP contribution in [-0.2, 0) is 13.6 Å². The van der Waals surface area contributed by atoms with Crippen LogP contribution in [0.1, 0.15) is 46.5 Å². The van der Waals surface area contributed by atoms with Gasteiger partial charge in [0.15, 0.2) is 5.65 Å². The van der Waals surface area contributed by atoms with Crippen molar-refractivity contribution in [3.05, 3.63) is 24.8 Å². The molecule has 0 spiro atoms. The minimum Gasteiger partial charge on any atom is -0.465 e. The average Bonchev–Trinajstić information content (AvgIpc) is 3.32. The summed E-state index contributed by atoms with van der Waals surface area (Å²) in [6, 6.07) is 0. The molecular formula is C22H32N8O2. The number of anilines is 2. The molecule has 3 aromatic rings. The Bertz CT molecular complexity index is 1080. The summed E-state index contributed by atoms with van der Waals surface area (Å²) in [6.07, 6.45) is 10.6. The number of amides is 1. The van der Waals surface area contributed by atoms with Crippen LogP contribution in [0.25, 0.3) is 11.0 Å². The Morgan fingerprint density at radius 2 is 1.88 bits per heavy atom. The van der Waals surface area contributed by atoms with E-state index in [0.29, 0.717) is 24.3 Å². The standard InChI is InChI=1S/C22H32N8O2/c1-22(2,3)29(21(31)32)12-15-5-7-16(8-6-15)13-30-19-17(10-25-30)9-23-20(27-19)26-18-11-24-28(4)14-18/h9-11,14-16H,5-8,12-13H2,1-4H3,(H,31,32)(H,23,26,27)/t15-,16-. The van der Waals surface area contributed by atoms with Gasteiger partial charge in [-0.3, -0.25) is 4.68 Å². The van der Waals surface area contributed by atoms with Crippen LogP contribution in [-0.4, -0.2) is 57.7 Å². The molecule has 0 saturated heterocycles. The van der Waals surface area contributed by atoms with Crippen molar-refractivity contribution in [2.24, 2.45) is 18.9 Å². The normalized spacial score (nSPS) is 19.2. The molecule has 0 bridgehead atoms. The summed E-state index contributed by atoms with van der Waals surface area (Å²) in [5, 5.41) is 22.4. The third-order valence-corrected chi connectivity index (χ3v) is 6.22. The van der Waals surface area contributed by atoms with E-state index in [-0.39, 0.29) is 5.54 Å². The fraction of sp³-hybridized carbons (Fsp3) is 0.591. The maximum atomic E-state index is 11.7. The van der Waals surface area contributed by atoms with Crippen molar-refractivity contribution in [2.75, 3.05) is 11.9 Å². The Morgan fingerprint density at radius 1 is 1.16 bits per heavy atom. The summed E-state index contributed by atoms with van der Waals surface area (Å²) in [6.45, 7) is 7.27. The molecule has 3 heterocycles. The van der Waals surface area contributed by atoms with Crippen LogP contribution in [0.15, 0.2) is 24.8 Å². The molecule has 10 heteroatoms. The van der Waals surface area contributed by atoms with Gasteiger partial charge < -0.3 is 15.3 Å². The quantitative estimate of drug-likeness (QED) is 0.598. The van der Waals surface area contributed by atoms with Gasteiger partial charge in [-0.2, -0.15) is 15.2 Å². The number of carbonyl (C=O) groups is 1. The predicted molar refractivity (Wildman–Crippen MR) is 122 cm³/mol. The Hall–Kier alpha value is -3.17. The van der Waals surface area contributed by atoms with Crippen LogP contribution in [0.4, 0.5) is 16.4 Å². The van der Waals surface area contributed by atoms with Gasteiger partial charge in [-0.25, -0.2) is 14.5 Å². The molecule has 1 amide bonds. The van der Waals surface area contributed by atoms with E-state index < -0.39 is 6.09 Å². The molecule has 0 atom stereocenters. The van der Waals surface area contributed by atoms with Gasteiger partial charge in [-0.05, 0) is 58.3 Å². The van der Waals surface area contributed by atoms with E-state index in [9.17, 15) is 9.90 Å². The van der Waals surface area contributed by atoms with Crippen molar-refractivity contribution >= 4 is 28.8 Å². The highest BCUT2D eigenvalue weighted by Gasteiger charge is 2.31. The van der Waals surface area contributed by atoms with Gasteiger partial charge in [0.25, 0.3) is 0 Å². The van der Waals surface area contributed by atoms with Gasteiger partial charge in [0, 0.05) is 38.1 Å². The second-order valence-corrected chi connectivity index (χ2v) is 9.78. The number of nitrogens with one attached hydrogen (secondary N) is 1. The number of carboxylic acid groups (broad SMARTS) is 1. The molecule has 4 rings (SSSR count). The fourth-order valence-corrected chi connectivity index (χ4v) is 4.41. The van der Waals surface area contributed by atoms with Crippen molar-refractivity contribution < 1.29 is 9.90 Å². The molecule has 32 heavy (non-hydrogen) atoms. The lowest BCUT2D eigenvalue weighted by Gasteiger charge is -2.38. The first-order valence-electron chi connectivity index (χ1n) is 11.1. The first-order valence-corrected chi connectivity index (χ1v) is 11.1. The molecule has 1 fully saturated rings. The number of aromatic nitrogens is 6. The molecule has 0 aliphatic heterocycles. The Labute approximate surface area is 187 Å². The van der Waals surface area contributed by atoms with Crippen molar-refractivity contribution in [3.8, 4) is 0 Å². The van der Waals surface area contributed by atoms with E-state index in [4.69, 9.17) is 0 Å². The third-order valence-electron chi connectivity index (χ3n) is 6.22. The largest absolute Gasteiger partial charge is 0.465 e. The molecule has 0 unspecified atom stereocenters. The molecular weight excluding hydrogens is 408 g/mol. The smallest absolute Gasteiger partial charge is 0.407 e. The first-order chi connectivity index (χ1) is 15.2. The van der Waals surface area contributed by atoms with Crippen LogP contribution < -0.4 is 5.32 Å². The molecule has 2 N–H and O–H groups in total. The molecule has 0 aromatic carbocycles. The molecule has 1 aliphatic rings. The molecule has 1 saturated carbocycles. The highest BCUT2D eigenvalue weighted by Crippen LogP contribution is 2.32. The van der Waals surface area contributed by atoms with E-state index in [1.54, 1.807) is 22.0 Å². The lowest BCUT2D eigenvalue weighted by Crippen LogP contribution is -2.47. The van der Waals surface area contributed by atoms with Gasteiger partial charge in [0.05, 0.1) is 23.5 Å². The van der Waals surface area contributed by atoms with Crippen LogP contribution >= 0.6 is 0 Å². The van der Waals surface area contributed by atoms with Crippen LogP contribution in [0, 0.1) is 11.8 Å². The van der Waals surface area contributed by atoms with Gasteiger partial charge in [-0.1, -0.05) is 0 Å². The average molecular weight is 441 g/mol. The summed E-state index contributed by atoms with van der Waals surface area (Å²) in [4.78, 5) is 22.3. The number of hydrogen-bond donors (Lipinski definition) is 2. The van der Waals surface area contributed by atoms with Gasteiger partial charge in [0.1, 0.15) is 0 Å². The van der Waals surface area contributed by atoms with E-state index >= 15 is 0 Å². The summed E-state index contributed by atoms with van der Waals surface area (Å²) in [7, 11) is 1.86. The van der Waals surface area contributed by atoms with E-state index in [2.05, 4.69) is 25.5 Å². The third kappa shape index (κ3) is 5.00. The highest BCUT2D eigenvalue weighted by molar-refractivity contribution is 5.75. The zero-order valence-corrected chi connectivity index (χ0v) is 19.2. The summed E-state index contributed by atoms with van der Waals surface area (Å²) in [5.41, 5.74) is 1.28. The summed E-state index contributed by atoms with van der Waals surface area (Å²) in [5.74, 6) is 1.44. The van der Waals surface area contributed by atoms with Crippen molar-refractivity contribution in [1.29, 1.82) is 0 Å². The van der Waals surface area contributed by atoms with Gasteiger partial charge in [0.2, 0.25) is 5.95 Å². The van der Waals surface area contributed by atoms with E-state index in [1.165, 1.54) is 0 Å². The number of fused-ring (bicyclic) bond motifs is 1. The topological polar surface area (TPSA) is 114 Å². The van der Waals surface area contributed by atoms with Crippen LogP contribution in [0.5, 0.6) is 0 Å². The minimum atomic E-state index is -0.835. The number of nitrogens with zero attached hydrogens (tertiary/aromatic N) is 7. The van der Waals surface area contributed by atoms with Crippen molar-refractivity contribution in [1.82, 2.24) is 34.4 Å². The van der Waals surface area contributed by atoms with Gasteiger partial charge in [-0.15, -0.1) is 0 Å². The molecule has 10 nitrogen and oxygen atoms in total. The van der Waals surface area contributed by atoms with Crippen LogP contribution in [0.3, 0.4) is 0 Å². The molecule has 3 aromatic heterocycles. The second kappa shape index (κ2) is 8.76. The Balaban J connectivity index is 1.38. The number of rotatable bonds is 6. The van der Waals surface area contributed by atoms with E-state index in [0.717, 1.165) is 48.9 Å². The molecule has 0 radical (unpaired) electrons. The van der Waals surface area contributed by atoms with Gasteiger partial charge >= 0.3 is 6.09 Å². The lowest BCUT2D eigenvalue weighted by molar-refractivity contribution is 0.0789.